The number of hydrogen-bond acceptors (Lipinski definition) is 3. The van der Waals surface area contributed by atoms with Crippen molar-refractivity contribution in [3.8, 4) is 0 Å². The van der Waals surface area contributed by atoms with Gasteiger partial charge in [-0.2, -0.15) is 0 Å². The molecule has 0 aromatic rings. The Balaban J connectivity index is 2.45. The Bertz CT molecular complexity index is 454. The molecule has 1 aliphatic carbocycles. The second-order valence-electron chi connectivity index (χ2n) is 8.17. The van der Waals surface area contributed by atoms with Crippen LogP contribution in [0.3, 0.4) is 0 Å². The van der Waals surface area contributed by atoms with Crippen LogP contribution < -0.4 is 0 Å². The standard InChI is InChI=1S/C17H32O3Si2/c1-14(9-8-12-19-22(5,6)7)17(18)20-15-10-11-16(13-15)21(2,3)4/h9,13,16H,8,10-12H2,1-7H3. The van der Waals surface area contributed by atoms with Crippen molar-refractivity contribution in [3.05, 3.63) is 23.5 Å². The van der Waals surface area contributed by atoms with E-state index in [4.69, 9.17) is 9.16 Å². The third-order valence-corrected chi connectivity index (χ3v) is 7.60. The van der Waals surface area contributed by atoms with E-state index in [0.29, 0.717) is 17.7 Å². The predicted molar refractivity (Wildman–Crippen MR) is 98.2 cm³/mol. The molecule has 1 aliphatic rings. The molecule has 1 unspecified atom stereocenters. The predicted octanol–water partition coefficient (Wildman–Crippen LogP) is 5.10. The van der Waals surface area contributed by atoms with Crippen molar-refractivity contribution in [2.75, 3.05) is 6.61 Å². The van der Waals surface area contributed by atoms with Crippen LogP contribution in [0.1, 0.15) is 26.2 Å². The van der Waals surface area contributed by atoms with Gasteiger partial charge in [-0.05, 0) is 51.0 Å². The lowest BCUT2D eigenvalue weighted by atomic mass is 10.2. The van der Waals surface area contributed by atoms with Gasteiger partial charge in [0.2, 0.25) is 0 Å². The molecule has 0 N–H and O–H groups in total. The van der Waals surface area contributed by atoms with E-state index in [0.717, 1.165) is 25.0 Å². The summed E-state index contributed by atoms with van der Waals surface area (Å²) in [5.41, 5.74) is 1.31. The molecule has 1 atom stereocenters. The van der Waals surface area contributed by atoms with Gasteiger partial charge in [0.05, 0.1) is 8.07 Å². The summed E-state index contributed by atoms with van der Waals surface area (Å²) in [7, 11) is -2.65. The Kier molecular flexibility index (Phi) is 6.83. The first-order valence-electron chi connectivity index (χ1n) is 8.22. The monoisotopic (exact) mass is 340 g/mol. The lowest BCUT2D eigenvalue weighted by Crippen LogP contribution is -2.25. The lowest BCUT2D eigenvalue weighted by molar-refractivity contribution is -0.135. The smallest absolute Gasteiger partial charge is 0.338 e. The zero-order valence-electron chi connectivity index (χ0n) is 15.3. The Labute approximate surface area is 137 Å². The summed E-state index contributed by atoms with van der Waals surface area (Å²) in [6.07, 6.45) is 6.90. The van der Waals surface area contributed by atoms with Gasteiger partial charge >= 0.3 is 5.97 Å². The molecule has 0 saturated heterocycles. The maximum absolute atomic E-state index is 12.1. The van der Waals surface area contributed by atoms with E-state index < -0.39 is 16.4 Å². The quantitative estimate of drug-likeness (QED) is 0.280. The highest BCUT2D eigenvalue weighted by atomic mass is 28.4. The van der Waals surface area contributed by atoms with Crippen molar-refractivity contribution in [2.45, 2.75) is 71.0 Å². The van der Waals surface area contributed by atoms with E-state index in [2.05, 4.69) is 45.4 Å². The molecule has 0 aromatic heterocycles. The molecule has 5 heteroatoms. The number of allylic oxidation sites excluding steroid dienone is 2. The Morgan fingerprint density at radius 3 is 2.41 bits per heavy atom. The van der Waals surface area contributed by atoms with Gasteiger partial charge in [-0.3, -0.25) is 0 Å². The molecular weight excluding hydrogens is 308 g/mol. The summed E-state index contributed by atoms with van der Waals surface area (Å²) in [4.78, 5) is 12.1. The number of ether oxygens (including phenoxy) is 1. The number of esters is 1. The van der Waals surface area contributed by atoms with Crippen molar-refractivity contribution in [1.82, 2.24) is 0 Å². The summed E-state index contributed by atoms with van der Waals surface area (Å²) >= 11 is 0. The number of carbonyl (C=O) groups is 1. The van der Waals surface area contributed by atoms with Gasteiger partial charge in [0, 0.05) is 18.6 Å². The average Bonchev–Trinajstić information content (AvgIpc) is 2.81. The second-order valence-corrected chi connectivity index (χ2v) is 18.2. The van der Waals surface area contributed by atoms with Gasteiger partial charge in [0.1, 0.15) is 5.76 Å². The minimum Gasteiger partial charge on any atom is -0.428 e. The molecule has 0 radical (unpaired) electrons. The van der Waals surface area contributed by atoms with Gasteiger partial charge in [-0.1, -0.05) is 25.7 Å². The maximum atomic E-state index is 12.1. The van der Waals surface area contributed by atoms with Crippen molar-refractivity contribution in [2.24, 2.45) is 0 Å². The second kappa shape index (κ2) is 7.75. The summed E-state index contributed by atoms with van der Waals surface area (Å²) in [6, 6.07) is 0. The molecule has 0 saturated carbocycles. The molecule has 0 bridgehead atoms. The fourth-order valence-electron chi connectivity index (χ4n) is 2.38. The molecule has 1 rings (SSSR count). The molecule has 0 aliphatic heterocycles. The van der Waals surface area contributed by atoms with E-state index >= 15 is 0 Å². The van der Waals surface area contributed by atoms with Crippen LogP contribution >= 0.6 is 0 Å². The number of rotatable bonds is 7. The average molecular weight is 341 g/mol. The van der Waals surface area contributed by atoms with Crippen LogP contribution in [-0.2, 0) is 14.0 Å². The summed E-state index contributed by atoms with van der Waals surface area (Å²) < 4.78 is 11.3. The van der Waals surface area contributed by atoms with E-state index in [1.807, 2.05) is 13.0 Å². The lowest BCUT2D eigenvalue weighted by Gasteiger charge is -2.22. The molecule has 3 nitrogen and oxygen atoms in total. The highest BCUT2D eigenvalue weighted by molar-refractivity contribution is 6.78. The molecule has 0 amide bonds. The first-order chi connectivity index (χ1) is 9.99. The number of hydrogen-bond donors (Lipinski definition) is 0. The molecule has 0 aromatic carbocycles. The topological polar surface area (TPSA) is 35.5 Å². The van der Waals surface area contributed by atoms with E-state index in [9.17, 15) is 4.79 Å². The van der Waals surface area contributed by atoms with E-state index in [1.54, 1.807) is 0 Å². The zero-order chi connectivity index (χ0) is 17.0. The molecule has 22 heavy (non-hydrogen) atoms. The van der Waals surface area contributed by atoms with Crippen LogP contribution in [0.25, 0.3) is 0 Å². The number of carbonyl (C=O) groups excluding carboxylic acids is 1. The zero-order valence-corrected chi connectivity index (χ0v) is 17.3. The normalized spacial score (nSPS) is 20.0. The van der Waals surface area contributed by atoms with Gasteiger partial charge in [0.25, 0.3) is 0 Å². The summed E-state index contributed by atoms with van der Waals surface area (Å²) in [5, 5.41) is 0. The van der Waals surface area contributed by atoms with Crippen molar-refractivity contribution in [1.29, 1.82) is 0 Å². The minimum atomic E-state index is -1.46. The van der Waals surface area contributed by atoms with Crippen LogP contribution in [0.15, 0.2) is 23.5 Å². The van der Waals surface area contributed by atoms with Gasteiger partial charge in [-0.15, -0.1) is 0 Å². The molecule has 126 valence electrons. The van der Waals surface area contributed by atoms with Crippen molar-refractivity contribution in [3.63, 3.8) is 0 Å². The molecule has 0 spiro atoms. The third-order valence-electron chi connectivity index (χ3n) is 3.85. The summed E-state index contributed by atoms with van der Waals surface area (Å²) in [5.74, 6) is 0.652. The van der Waals surface area contributed by atoms with Crippen molar-refractivity contribution < 1.29 is 14.0 Å². The minimum absolute atomic E-state index is 0.213. The van der Waals surface area contributed by atoms with Crippen LogP contribution in [0, 0.1) is 0 Å². The first kappa shape index (κ1) is 19.4. The van der Waals surface area contributed by atoms with Crippen LogP contribution in [-0.4, -0.2) is 29.0 Å². The SMILES string of the molecule is CC(=CCCO[Si](C)(C)C)C(=O)OC1=CC([Si](C)(C)C)CC1. The van der Waals surface area contributed by atoms with Gasteiger partial charge in [-0.25, -0.2) is 4.79 Å². The van der Waals surface area contributed by atoms with Gasteiger partial charge < -0.3 is 9.16 Å². The Hall–Kier alpha value is -0.656. The fourth-order valence-corrected chi connectivity index (χ4v) is 4.81. The highest BCUT2D eigenvalue weighted by Crippen LogP contribution is 2.37. The Morgan fingerprint density at radius 2 is 1.91 bits per heavy atom. The van der Waals surface area contributed by atoms with Crippen LogP contribution in [0.4, 0.5) is 0 Å². The summed E-state index contributed by atoms with van der Waals surface area (Å²) in [6.45, 7) is 16.1. The van der Waals surface area contributed by atoms with E-state index in [-0.39, 0.29) is 5.97 Å². The molecular formula is C17H32O3Si2. The van der Waals surface area contributed by atoms with Crippen LogP contribution in [0.2, 0.25) is 44.8 Å². The first-order valence-corrected chi connectivity index (χ1v) is 15.2. The third kappa shape index (κ3) is 7.07. The maximum Gasteiger partial charge on any atom is 0.338 e. The largest absolute Gasteiger partial charge is 0.428 e. The van der Waals surface area contributed by atoms with E-state index in [1.165, 1.54) is 0 Å². The molecule has 0 fully saturated rings. The Morgan fingerprint density at radius 1 is 1.27 bits per heavy atom. The van der Waals surface area contributed by atoms with Gasteiger partial charge in [0.15, 0.2) is 8.32 Å². The van der Waals surface area contributed by atoms with Crippen molar-refractivity contribution >= 4 is 22.4 Å². The fraction of sp³-hybridized carbons (Fsp3) is 0.706. The highest BCUT2D eigenvalue weighted by Gasteiger charge is 2.30. The van der Waals surface area contributed by atoms with Crippen LogP contribution in [0.5, 0.6) is 0 Å². The molecule has 0 heterocycles.